The summed E-state index contributed by atoms with van der Waals surface area (Å²) in [6.45, 7) is 2.64. The number of benzene rings is 1. The van der Waals surface area contributed by atoms with Crippen LogP contribution in [0, 0.1) is 6.92 Å². The summed E-state index contributed by atoms with van der Waals surface area (Å²) in [5.74, 6) is 0. The zero-order valence-electron chi connectivity index (χ0n) is 7.20. The van der Waals surface area contributed by atoms with Gasteiger partial charge in [0.05, 0.1) is 13.2 Å². The SMILES string of the molecule is Cc1cccc(C=NCCO)c1. The van der Waals surface area contributed by atoms with E-state index in [0.29, 0.717) is 6.54 Å². The van der Waals surface area contributed by atoms with Crippen LogP contribution in [-0.2, 0) is 0 Å². The molecule has 0 atom stereocenters. The molecule has 0 amide bonds. The Hall–Kier alpha value is -1.15. The van der Waals surface area contributed by atoms with Crippen molar-refractivity contribution >= 4 is 6.21 Å². The van der Waals surface area contributed by atoms with Gasteiger partial charge in [-0.15, -0.1) is 0 Å². The summed E-state index contributed by atoms with van der Waals surface area (Å²) < 4.78 is 0. The Morgan fingerprint density at radius 1 is 1.50 bits per heavy atom. The molecule has 0 unspecified atom stereocenters. The normalized spacial score (nSPS) is 10.8. The zero-order chi connectivity index (χ0) is 8.81. The molecule has 0 aliphatic rings. The number of nitrogens with zero attached hydrogens (tertiary/aromatic N) is 1. The van der Waals surface area contributed by atoms with Crippen LogP contribution in [0.2, 0.25) is 0 Å². The van der Waals surface area contributed by atoms with Gasteiger partial charge in [0.2, 0.25) is 0 Å². The van der Waals surface area contributed by atoms with E-state index in [-0.39, 0.29) is 6.61 Å². The molecule has 0 bridgehead atoms. The maximum atomic E-state index is 8.49. The smallest absolute Gasteiger partial charge is 0.0626 e. The quantitative estimate of drug-likeness (QED) is 0.671. The largest absolute Gasteiger partial charge is 0.394 e. The van der Waals surface area contributed by atoms with Crippen molar-refractivity contribution in [3.63, 3.8) is 0 Å². The number of rotatable bonds is 3. The Balaban J connectivity index is 2.63. The third-order valence-electron chi connectivity index (χ3n) is 1.51. The van der Waals surface area contributed by atoms with E-state index in [1.807, 2.05) is 25.1 Å². The second kappa shape index (κ2) is 4.67. The van der Waals surface area contributed by atoms with Gasteiger partial charge in [0, 0.05) is 6.21 Å². The maximum absolute atomic E-state index is 8.49. The predicted molar refractivity (Wildman–Crippen MR) is 50.7 cm³/mol. The highest BCUT2D eigenvalue weighted by molar-refractivity contribution is 5.79. The van der Waals surface area contributed by atoms with Crippen molar-refractivity contribution in [3.05, 3.63) is 35.4 Å². The number of aliphatic hydroxyl groups excluding tert-OH is 1. The van der Waals surface area contributed by atoms with Gasteiger partial charge in [0.25, 0.3) is 0 Å². The van der Waals surface area contributed by atoms with E-state index in [9.17, 15) is 0 Å². The van der Waals surface area contributed by atoms with Gasteiger partial charge in [0.1, 0.15) is 0 Å². The monoisotopic (exact) mass is 163 g/mol. The first kappa shape index (κ1) is 8.94. The summed E-state index contributed by atoms with van der Waals surface area (Å²) in [6, 6.07) is 8.09. The lowest BCUT2D eigenvalue weighted by Gasteiger charge is -1.94. The van der Waals surface area contributed by atoms with E-state index in [2.05, 4.69) is 11.1 Å². The Morgan fingerprint density at radius 3 is 3.00 bits per heavy atom. The molecule has 1 N–H and O–H groups in total. The Labute approximate surface area is 72.6 Å². The molecule has 1 rings (SSSR count). The second-order valence-corrected chi connectivity index (χ2v) is 2.67. The van der Waals surface area contributed by atoms with Crippen LogP contribution in [0.1, 0.15) is 11.1 Å². The summed E-state index contributed by atoms with van der Waals surface area (Å²) >= 11 is 0. The Bertz CT molecular complexity index is 268. The van der Waals surface area contributed by atoms with E-state index in [1.165, 1.54) is 5.56 Å². The van der Waals surface area contributed by atoms with Crippen molar-refractivity contribution in [2.75, 3.05) is 13.2 Å². The first-order chi connectivity index (χ1) is 5.83. The fraction of sp³-hybridized carbons (Fsp3) is 0.300. The van der Waals surface area contributed by atoms with Crippen LogP contribution >= 0.6 is 0 Å². The highest BCUT2D eigenvalue weighted by atomic mass is 16.3. The molecule has 0 aromatic heterocycles. The van der Waals surface area contributed by atoms with Crippen LogP contribution in [0.5, 0.6) is 0 Å². The van der Waals surface area contributed by atoms with Crippen LogP contribution in [-0.4, -0.2) is 24.5 Å². The van der Waals surface area contributed by atoms with Crippen molar-refractivity contribution in [1.82, 2.24) is 0 Å². The molecule has 0 heterocycles. The summed E-state index contributed by atoms with van der Waals surface area (Å²) in [4.78, 5) is 4.03. The fourth-order valence-electron chi connectivity index (χ4n) is 0.978. The van der Waals surface area contributed by atoms with Crippen LogP contribution < -0.4 is 0 Å². The summed E-state index contributed by atoms with van der Waals surface area (Å²) in [7, 11) is 0. The molecule has 2 nitrogen and oxygen atoms in total. The van der Waals surface area contributed by atoms with Crippen molar-refractivity contribution in [2.24, 2.45) is 4.99 Å². The highest BCUT2D eigenvalue weighted by Crippen LogP contribution is 2.00. The van der Waals surface area contributed by atoms with Crippen molar-refractivity contribution in [1.29, 1.82) is 0 Å². The van der Waals surface area contributed by atoms with Crippen molar-refractivity contribution in [2.45, 2.75) is 6.92 Å². The van der Waals surface area contributed by atoms with Gasteiger partial charge in [-0.3, -0.25) is 4.99 Å². The van der Waals surface area contributed by atoms with E-state index >= 15 is 0 Å². The minimum absolute atomic E-state index is 0.113. The molecular weight excluding hydrogens is 150 g/mol. The fourth-order valence-corrected chi connectivity index (χ4v) is 0.978. The van der Waals surface area contributed by atoms with E-state index < -0.39 is 0 Å². The van der Waals surface area contributed by atoms with E-state index in [4.69, 9.17) is 5.11 Å². The number of hydrogen-bond donors (Lipinski definition) is 1. The lowest BCUT2D eigenvalue weighted by Crippen LogP contribution is -1.89. The minimum atomic E-state index is 0.113. The number of hydrogen-bond acceptors (Lipinski definition) is 2. The van der Waals surface area contributed by atoms with Gasteiger partial charge < -0.3 is 5.11 Å². The molecule has 0 fully saturated rings. The first-order valence-electron chi connectivity index (χ1n) is 4.00. The third kappa shape index (κ3) is 2.84. The molecule has 0 spiro atoms. The van der Waals surface area contributed by atoms with Crippen LogP contribution in [0.4, 0.5) is 0 Å². The van der Waals surface area contributed by atoms with E-state index in [0.717, 1.165) is 5.56 Å². The molecule has 1 aromatic carbocycles. The summed E-state index contributed by atoms with van der Waals surface area (Å²) in [5.41, 5.74) is 2.31. The third-order valence-corrected chi connectivity index (χ3v) is 1.51. The first-order valence-corrected chi connectivity index (χ1v) is 4.00. The summed E-state index contributed by atoms with van der Waals surface area (Å²) in [6.07, 6.45) is 1.78. The van der Waals surface area contributed by atoms with Gasteiger partial charge in [-0.05, 0) is 12.5 Å². The molecule has 1 aromatic rings. The van der Waals surface area contributed by atoms with Gasteiger partial charge in [-0.2, -0.15) is 0 Å². The molecule has 0 saturated carbocycles. The maximum Gasteiger partial charge on any atom is 0.0626 e. The van der Waals surface area contributed by atoms with Gasteiger partial charge in [0.15, 0.2) is 0 Å². The molecule has 0 saturated heterocycles. The molecule has 64 valence electrons. The topological polar surface area (TPSA) is 32.6 Å². The van der Waals surface area contributed by atoms with Crippen LogP contribution in [0.3, 0.4) is 0 Å². The molecule has 0 aliphatic carbocycles. The van der Waals surface area contributed by atoms with Crippen molar-refractivity contribution < 1.29 is 5.11 Å². The van der Waals surface area contributed by atoms with Crippen LogP contribution in [0.25, 0.3) is 0 Å². The molecule has 0 radical (unpaired) electrons. The Kier molecular flexibility index (Phi) is 3.48. The lowest BCUT2D eigenvalue weighted by molar-refractivity contribution is 0.307. The standard InChI is InChI=1S/C10H13NO/c1-9-3-2-4-10(7-9)8-11-5-6-12/h2-4,7-8,12H,5-6H2,1H3. The zero-order valence-corrected chi connectivity index (χ0v) is 7.20. The molecular formula is C10H13NO. The van der Waals surface area contributed by atoms with Crippen LogP contribution in [0.15, 0.2) is 29.3 Å². The lowest BCUT2D eigenvalue weighted by atomic mass is 10.2. The molecule has 0 aliphatic heterocycles. The number of aliphatic hydroxyl groups is 1. The summed E-state index contributed by atoms with van der Waals surface area (Å²) in [5, 5.41) is 8.49. The Morgan fingerprint density at radius 2 is 2.33 bits per heavy atom. The highest BCUT2D eigenvalue weighted by Gasteiger charge is 1.86. The number of aliphatic imine (C=N–C) groups is 1. The average Bonchev–Trinajstić information content (AvgIpc) is 2.05. The van der Waals surface area contributed by atoms with E-state index in [1.54, 1.807) is 6.21 Å². The minimum Gasteiger partial charge on any atom is -0.394 e. The molecule has 12 heavy (non-hydrogen) atoms. The predicted octanol–water partition coefficient (Wildman–Crippen LogP) is 1.41. The molecule has 2 heteroatoms. The van der Waals surface area contributed by atoms with Gasteiger partial charge >= 0.3 is 0 Å². The average molecular weight is 163 g/mol. The second-order valence-electron chi connectivity index (χ2n) is 2.67. The number of aryl methyl sites for hydroxylation is 1. The van der Waals surface area contributed by atoms with Gasteiger partial charge in [-0.1, -0.05) is 29.8 Å². The van der Waals surface area contributed by atoms with Gasteiger partial charge in [-0.25, -0.2) is 0 Å². The van der Waals surface area contributed by atoms with Crippen molar-refractivity contribution in [3.8, 4) is 0 Å².